The maximum Gasteiger partial charge on any atom is 0.270 e. The van der Waals surface area contributed by atoms with Gasteiger partial charge in [-0.2, -0.15) is 0 Å². The summed E-state index contributed by atoms with van der Waals surface area (Å²) < 4.78 is 0. The molecule has 0 fully saturated rings. The Bertz CT molecular complexity index is 741. The fourth-order valence-electron chi connectivity index (χ4n) is 1.81. The average Bonchev–Trinajstić information content (AvgIpc) is 2.44. The molecule has 1 heterocycles. The molecule has 1 aromatic carbocycles. The molecule has 6 heteroatoms. The normalized spacial score (nSPS) is 11.2. The SMILES string of the molecule is CC(=O)C(=Cc1cccc([N+](=O)[O-])c1)c1cccc(Cl)n1. The number of aromatic nitrogens is 1. The minimum Gasteiger partial charge on any atom is -0.294 e. The molecule has 0 radical (unpaired) electrons. The van der Waals surface area contributed by atoms with Crippen LogP contribution in [-0.2, 0) is 4.79 Å². The molecule has 5 nitrogen and oxygen atoms in total. The minimum absolute atomic E-state index is 0.0364. The first kappa shape index (κ1) is 14.9. The Morgan fingerprint density at radius 2 is 2.00 bits per heavy atom. The van der Waals surface area contributed by atoms with E-state index in [-0.39, 0.29) is 16.6 Å². The number of halogens is 1. The number of hydrogen-bond donors (Lipinski definition) is 0. The summed E-state index contributed by atoms with van der Waals surface area (Å²) in [4.78, 5) is 26.2. The summed E-state index contributed by atoms with van der Waals surface area (Å²) in [6, 6.07) is 11.0. The van der Waals surface area contributed by atoms with E-state index in [0.29, 0.717) is 16.8 Å². The van der Waals surface area contributed by atoms with Crippen molar-refractivity contribution in [2.24, 2.45) is 0 Å². The van der Waals surface area contributed by atoms with Crippen LogP contribution in [0.2, 0.25) is 5.15 Å². The molecule has 0 aliphatic heterocycles. The van der Waals surface area contributed by atoms with E-state index >= 15 is 0 Å². The molecule has 21 heavy (non-hydrogen) atoms. The number of ketones is 1. The molecule has 0 saturated heterocycles. The van der Waals surface area contributed by atoms with Crippen LogP contribution in [0.3, 0.4) is 0 Å². The highest BCUT2D eigenvalue weighted by atomic mass is 35.5. The highest BCUT2D eigenvalue weighted by Crippen LogP contribution is 2.21. The largest absolute Gasteiger partial charge is 0.294 e. The number of carbonyl (C=O) groups is 1. The molecule has 2 aromatic rings. The Morgan fingerprint density at radius 3 is 2.62 bits per heavy atom. The van der Waals surface area contributed by atoms with E-state index in [1.807, 2.05) is 0 Å². The Hall–Kier alpha value is -2.53. The number of carbonyl (C=O) groups excluding carboxylic acids is 1. The summed E-state index contributed by atoms with van der Waals surface area (Å²) in [6.07, 6.45) is 1.56. The van der Waals surface area contributed by atoms with E-state index in [1.54, 1.807) is 36.4 Å². The topological polar surface area (TPSA) is 73.1 Å². The Balaban J connectivity index is 2.50. The molecule has 1 aromatic heterocycles. The van der Waals surface area contributed by atoms with Gasteiger partial charge in [-0.05, 0) is 30.7 Å². The molecule has 0 unspecified atom stereocenters. The summed E-state index contributed by atoms with van der Waals surface area (Å²) in [5.74, 6) is -0.198. The van der Waals surface area contributed by atoms with Crippen LogP contribution in [-0.4, -0.2) is 15.7 Å². The van der Waals surface area contributed by atoms with Crippen molar-refractivity contribution in [3.05, 3.63) is 69.0 Å². The fraction of sp³-hybridized carbons (Fsp3) is 0.0667. The number of pyridine rings is 1. The van der Waals surface area contributed by atoms with Crippen LogP contribution in [0.5, 0.6) is 0 Å². The summed E-state index contributed by atoms with van der Waals surface area (Å²) >= 11 is 5.82. The van der Waals surface area contributed by atoms with Crippen LogP contribution < -0.4 is 0 Å². The molecule has 0 spiro atoms. The first-order chi connectivity index (χ1) is 9.97. The van der Waals surface area contributed by atoms with E-state index in [9.17, 15) is 14.9 Å². The summed E-state index contributed by atoms with van der Waals surface area (Å²) in [7, 11) is 0. The van der Waals surface area contributed by atoms with E-state index in [2.05, 4.69) is 4.98 Å². The number of nitro benzene ring substituents is 1. The lowest BCUT2D eigenvalue weighted by Crippen LogP contribution is -1.99. The predicted octanol–water partition coefficient (Wildman–Crippen LogP) is 3.77. The Morgan fingerprint density at radius 1 is 1.29 bits per heavy atom. The van der Waals surface area contributed by atoms with Crippen molar-refractivity contribution >= 4 is 34.7 Å². The second-order valence-corrected chi connectivity index (χ2v) is 4.70. The average molecular weight is 303 g/mol. The summed E-state index contributed by atoms with van der Waals surface area (Å²) in [6.45, 7) is 1.41. The van der Waals surface area contributed by atoms with Crippen LogP contribution in [0.1, 0.15) is 18.2 Å². The van der Waals surface area contributed by atoms with Gasteiger partial charge in [0.2, 0.25) is 0 Å². The number of nitro groups is 1. The monoisotopic (exact) mass is 302 g/mol. The van der Waals surface area contributed by atoms with Crippen molar-refractivity contribution in [1.29, 1.82) is 0 Å². The van der Waals surface area contributed by atoms with Crippen molar-refractivity contribution in [2.45, 2.75) is 6.92 Å². The third-order valence-corrected chi connectivity index (χ3v) is 2.97. The lowest BCUT2D eigenvalue weighted by atomic mass is 10.0. The van der Waals surface area contributed by atoms with E-state index in [0.717, 1.165) is 0 Å². The Labute approximate surface area is 126 Å². The van der Waals surface area contributed by atoms with Crippen molar-refractivity contribution in [1.82, 2.24) is 4.98 Å². The van der Waals surface area contributed by atoms with Gasteiger partial charge in [-0.25, -0.2) is 4.98 Å². The number of hydrogen-bond acceptors (Lipinski definition) is 4. The zero-order valence-corrected chi connectivity index (χ0v) is 11.9. The quantitative estimate of drug-likeness (QED) is 0.373. The van der Waals surface area contributed by atoms with Crippen molar-refractivity contribution in [2.75, 3.05) is 0 Å². The van der Waals surface area contributed by atoms with Crippen LogP contribution in [0.25, 0.3) is 11.6 Å². The second-order valence-electron chi connectivity index (χ2n) is 4.31. The number of Topliss-reactive ketones (excluding diaryl/α,β-unsaturated/α-hetero) is 1. The number of nitrogens with zero attached hydrogens (tertiary/aromatic N) is 2. The number of allylic oxidation sites excluding steroid dienone is 1. The van der Waals surface area contributed by atoms with Crippen molar-refractivity contribution in [3.63, 3.8) is 0 Å². The van der Waals surface area contributed by atoms with Gasteiger partial charge in [0.25, 0.3) is 5.69 Å². The zero-order chi connectivity index (χ0) is 15.4. The first-order valence-electron chi connectivity index (χ1n) is 6.07. The molecule has 0 amide bonds. The molecule has 0 N–H and O–H groups in total. The first-order valence-corrected chi connectivity index (χ1v) is 6.45. The molecule has 106 valence electrons. The summed E-state index contributed by atoms with van der Waals surface area (Å²) in [5.41, 5.74) is 1.29. The summed E-state index contributed by atoms with van der Waals surface area (Å²) in [5, 5.41) is 11.1. The lowest BCUT2D eigenvalue weighted by molar-refractivity contribution is -0.384. The zero-order valence-electron chi connectivity index (χ0n) is 11.1. The second kappa shape index (κ2) is 6.28. The molecule has 0 atom stereocenters. The highest BCUT2D eigenvalue weighted by Gasteiger charge is 2.11. The van der Waals surface area contributed by atoms with Gasteiger partial charge in [0.1, 0.15) is 5.15 Å². The molecule has 0 aliphatic rings. The van der Waals surface area contributed by atoms with Crippen LogP contribution in [0.15, 0.2) is 42.5 Å². The van der Waals surface area contributed by atoms with E-state index in [4.69, 9.17) is 11.6 Å². The molecule has 0 aliphatic carbocycles. The van der Waals surface area contributed by atoms with Crippen LogP contribution in [0.4, 0.5) is 5.69 Å². The molecular weight excluding hydrogens is 292 g/mol. The minimum atomic E-state index is -0.484. The van der Waals surface area contributed by atoms with Gasteiger partial charge >= 0.3 is 0 Å². The van der Waals surface area contributed by atoms with Gasteiger partial charge in [-0.3, -0.25) is 14.9 Å². The van der Waals surface area contributed by atoms with Crippen LogP contribution >= 0.6 is 11.6 Å². The van der Waals surface area contributed by atoms with Gasteiger partial charge in [0.15, 0.2) is 5.78 Å². The Kier molecular flexibility index (Phi) is 4.45. The van der Waals surface area contributed by atoms with Crippen LogP contribution in [0, 0.1) is 10.1 Å². The van der Waals surface area contributed by atoms with E-state index < -0.39 is 4.92 Å². The molecule has 2 rings (SSSR count). The number of rotatable bonds is 4. The van der Waals surface area contributed by atoms with Crippen molar-refractivity contribution < 1.29 is 9.72 Å². The molecule has 0 bridgehead atoms. The van der Waals surface area contributed by atoms with Crippen molar-refractivity contribution in [3.8, 4) is 0 Å². The number of non-ortho nitro benzene ring substituents is 1. The lowest BCUT2D eigenvalue weighted by Gasteiger charge is -2.04. The third kappa shape index (κ3) is 3.73. The molecule has 0 saturated carbocycles. The number of benzene rings is 1. The fourth-order valence-corrected chi connectivity index (χ4v) is 1.97. The van der Waals surface area contributed by atoms with E-state index in [1.165, 1.54) is 19.1 Å². The maximum atomic E-state index is 11.8. The standard InChI is InChI=1S/C15H11ClN2O3/c1-10(19)13(14-6-3-7-15(16)17-14)9-11-4-2-5-12(8-11)18(20)21/h2-9H,1H3. The van der Waals surface area contributed by atoms with Gasteiger partial charge < -0.3 is 0 Å². The predicted molar refractivity (Wildman–Crippen MR) is 80.9 cm³/mol. The highest BCUT2D eigenvalue weighted by molar-refractivity contribution is 6.30. The van der Waals surface area contributed by atoms with Gasteiger partial charge in [0, 0.05) is 17.7 Å². The van der Waals surface area contributed by atoms with Gasteiger partial charge in [-0.1, -0.05) is 29.8 Å². The van der Waals surface area contributed by atoms with Gasteiger partial charge in [0.05, 0.1) is 10.6 Å². The van der Waals surface area contributed by atoms with Gasteiger partial charge in [-0.15, -0.1) is 0 Å². The third-order valence-electron chi connectivity index (χ3n) is 2.76. The maximum absolute atomic E-state index is 11.8. The molecular formula is C15H11ClN2O3. The smallest absolute Gasteiger partial charge is 0.270 e.